The van der Waals surface area contributed by atoms with Gasteiger partial charge >= 0.3 is 0 Å². The van der Waals surface area contributed by atoms with Crippen molar-refractivity contribution in [2.24, 2.45) is 0 Å². The monoisotopic (exact) mass is 313 g/mol. The van der Waals surface area contributed by atoms with Crippen LogP contribution in [0.1, 0.15) is 50.7 Å². The number of carbonyl (C=O) groups is 1. The van der Waals surface area contributed by atoms with Gasteiger partial charge in [0, 0.05) is 23.5 Å². The van der Waals surface area contributed by atoms with Gasteiger partial charge in [0.1, 0.15) is 0 Å². The maximum absolute atomic E-state index is 12.9. The minimum atomic E-state index is 0.208. The standard InChI is InChI=1S/C19H23NOS/c1-13-11-14(2)18(15(3)12-13)19(21)20-8-6-16(7-9-20)17-5-4-10-22-17/h4-5,10-12,16H,6-9H2,1-3H3. The molecule has 1 saturated heterocycles. The summed E-state index contributed by atoms with van der Waals surface area (Å²) in [5, 5.41) is 2.14. The zero-order valence-corrected chi connectivity index (χ0v) is 14.4. The Bertz CT molecular complexity index is 644. The highest BCUT2D eigenvalue weighted by Gasteiger charge is 2.26. The molecule has 1 amide bonds. The first kappa shape index (κ1) is 15.3. The number of nitrogens with zero attached hydrogens (tertiary/aromatic N) is 1. The molecule has 1 fully saturated rings. The largest absolute Gasteiger partial charge is 0.339 e. The second kappa shape index (κ2) is 6.25. The van der Waals surface area contributed by atoms with Gasteiger partial charge in [0.15, 0.2) is 0 Å². The molecule has 22 heavy (non-hydrogen) atoms. The Morgan fingerprint density at radius 1 is 1.14 bits per heavy atom. The molecule has 0 spiro atoms. The fourth-order valence-electron chi connectivity index (χ4n) is 3.57. The SMILES string of the molecule is Cc1cc(C)c(C(=O)N2CCC(c3cccs3)CC2)c(C)c1. The molecule has 0 aliphatic carbocycles. The highest BCUT2D eigenvalue weighted by Crippen LogP contribution is 2.32. The summed E-state index contributed by atoms with van der Waals surface area (Å²) in [7, 11) is 0. The van der Waals surface area contributed by atoms with E-state index in [-0.39, 0.29) is 5.91 Å². The summed E-state index contributed by atoms with van der Waals surface area (Å²) in [6.07, 6.45) is 2.16. The van der Waals surface area contributed by atoms with Gasteiger partial charge in [0.2, 0.25) is 0 Å². The number of likely N-dealkylation sites (tertiary alicyclic amines) is 1. The maximum Gasteiger partial charge on any atom is 0.254 e. The first-order chi connectivity index (χ1) is 10.6. The summed E-state index contributed by atoms with van der Waals surface area (Å²) in [4.78, 5) is 16.4. The molecule has 3 heteroatoms. The van der Waals surface area contributed by atoms with Crippen molar-refractivity contribution < 1.29 is 4.79 Å². The Kier molecular flexibility index (Phi) is 4.34. The molecule has 0 bridgehead atoms. The lowest BCUT2D eigenvalue weighted by Crippen LogP contribution is -2.38. The van der Waals surface area contributed by atoms with E-state index in [0.29, 0.717) is 5.92 Å². The molecule has 2 nitrogen and oxygen atoms in total. The van der Waals surface area contributed by atoms with E-state index in [2.05, 4.69) is 36.6 Å². The van der Waals surface area contributed by atoms with Crippen molar-refractivity contribution >= 4 is 17.2 Å². The molecule has 2 heterocycles. The van der Waals surface area contributed by atoms with Crippen LogP contribution in [0.2, 0.25) is 0 Å². The van der Waals surface area contributed by atoms with Crippen molar-refractivity contribution in [3.63, 3.8) is 0 Å². The van der Waals surface area contributed by atoms with Gasteiger partial charge in [-0.1, -0.05) is 23.8 Å². The topological polar surface area (TPSA) is 20.3 Å². The highest BCUT2D eigenvalue weighted by atomic mass is 32.1. The predicted molar refractivity (Wildman–Crippen MR) is 92.9 cm³/mol. The third kappa shape index (κ3) is 2.95. The lowest BCUT2D eigenvalue weighted by atomic mass is 9.93. The quantitative estimate of drug-likeness (QED) is 0.787. The number of carbonyl (C=O) groups excluding carboxylic acids is 1. The Labute approximate surface area is 136 Å². The third-order valence-corrected chi connectivity index (χ3v) is 5.65. The second-order valence-electron chi connectivity index (χ2n) is 6.36. The molecule has 0 N–H and O–H groups in total. The van der Waals surface area contributed by atoms with E-state index in [1.54, 1.807) is 0 Å². The van der Waals surface area contributed by atoms with Crippen LogP contribution in [0.25, 0.3) is 0 Å². The Hall–Kier alpha value is -1.61. The average molecular weight is 313 g/mol. The Morgan fingerprint density at radius 3 is 2.32 bits per heavy atom. The van der Waals surface area contributed by atoms with Crippen molar-refractivity contribution in [2.75, 3.05) is 13.1 Å². The minimum Gasteiger partial charge on any atom is -0.339 e. The van der Waals surface area contributed by atoms with Gasteiger partial charge in [-0.15, -0.1) is 11.3 Å². The molecular formula is C19H23NOS. The molecule has 0 atom stereocenters. The van der Waals surface area contributed by atoms with Gasteiger partial charge < -0.3 is 4.90 Å². The van der Waals surface area contributed by atoms with Crippen LogP contribution in [0.5, 0.6) is 0 Å². The summed E-state index contributed by atoms with van der Waals surface area (Å²) in [6, 6.07) is 8.56. The molecule has 2 aromatic rings. The normalized spacial score (nSPS) is 16.0. The number of aryl methyl sites for hydroxylation is 3. The van der Waals surface area contributed by atoms with Crippen LogP contribution in [-0.4, -0.2) is 23.9 Å². The van der Waals surface area contributed by atoms with E-state index in [1.807, 2.05) is 30.1 Å². The van der Waals surface area contributed by atoms with Crippen molar-refractivity contribution in [1.82, 2.24) is 4.90 Å². The average Bonchev–Trinajstić information content (AvgIpc) is 3.00. The van der Waals surface area contributed by atoms with E-state index >= 15 is 0 Å². The first-order valence-corrected chi connectivity index (χ1v) is 8.84. The summed E-state index contributed by atoms with van der Waals surface area (Å²) >= 11 is 1.84. The number of hydrogen-bond acceptors (Lipinski definition) is 2. The van der Waals surface area contributed by atoms with Gasteiger partial charge in [0.05, 0.1) is 0 Å². The van der Waals surface area contributed by atoms with E-state index in [9.17, 15) is 4.79 Å². The van der Waals surface area contributed by atoms with E-state index < -0.39 is 0 Å². The molecular weight excluding hydrogens is 290 g/mol. The van der Waals surface area contributed by atoms with Gasteiger partial charge in [-0.3, -0.25) is 4.79 Å². The van der Waals surface area contributed by atoms with Crippen molar-refractivity contribution in [3.8, 4) is 0 Å². The highest BCUT2D eigenvalue weighted by molar-refractivity contribution is 7.10. The summed E-state index contributed by atoms with van der Waals surface area (Å²) in [6.45, 7) is 7.92. The van der Waals surface area contributed by atoms with Crippen LogP contribution in [0.15, 0.2) is 29.6 Å². The zero-order chi connectivity index (χ0) is 15.7. The second-order valence-corrected chi connectivity index (χ2v) is 7.33. The number of hydrogen-bond donors (Lipinski definition) is 0. The molecule has 0 saturated carbocycles. The fourth-order valence-corrected chi connectivity index (χ4v) is 4.47. The number of thiophene rings is 1. The molecule has 0 radical (unpaired) electrons. The summed E-state index contributed by atoms with van der Waals surface area (Å²) in [5.74, 6) is 0.837. The predicted octanol–water partition coefficient (Wildman–Crippen LogP) is 4.69. The van der Waals surface area contributed by atoms with Crippen LogP contribution in [0.4, 0.5) is 0 Å². The third-order valence-electron chi connectivity index (χ3n) is 4.62. The molecule has 1 aliphatic rings. The lowest BCUT2D eigenvalue weighted by Gasteiger charge is -2.32. The van der Waals surface area contributed by atoms with Crippen molar-refractivity contribution in [2.45, 2.75) is 39.5 Å². The first-order valence-electron chi connectivity index (χ1n) is 7.97. The number of amides is 1. The van der Waals surface area contributed by atoms with Gasteiger partial charge in [0.25, 0.3) is 5.91 Å². The molecule has 0 unspecified atom stereocenters. The van der Waals surface area contributed by atoms with E-state index in [4.69, 9.17) is 0 Å². The van der Waals surface area contributed by atoms with Crippen molar-refractivity contribution in [3.05, 3.63) is 56.8 Å². The van der Waals surface area contributed by atoms with Crippen LogP contribution >= 0.6 is 11.3 Å². The lowest BCUT2D eigenvalue weighted by molar-refractivity contribution is 0.0712. The van der Waals surface area contributed by atoms with Gasteiger partial charge in [-0.05, 0) is 62.1 Å². The number of benzene rings is 1. The van der Waals surface area contributed by atoms with Crippen LogP contribution in [-0.2, 0) is 0 Å². The minimum absolute atomic E-state index is 0.208. The van der Waals surface area contributed by atoms with Crippen LogP contribution < -0.4 is 0 Å². The van der Waals surface area contributed by atoms with E-state index in [0.717, 1.165) is 42.6 Å². The van der Waals surface area contributed by atoms with Gasteiger partial charge in [-0.2, -0.15) is 0 Å². The summed E-state index contributed by atoms with van der Waals surface area (Å²) in [5.41, 5.74) is 4.33. The smallest absolute Gasteiger partial charge is 0.254 e. The fraction of sp³-hybridized carbons (Fsp3) is 0.421. The van der Waals surface area contributed by atoms with Crippen LogP contribution in [0, 0.1) is 20.8 Å². The maximum atomic E-state index is 12.9. The van der Waals surface area contributed by atoms with E-state index in [1.165, 1.54) is 10.4 Å². The van der Waals surface area contributed by atoms with Gasteiger partial charge in [-0.25, -0.2) is 0 Å². The number of piperidine rings is 1. The Morgan fingerprint density at radius 2 is 1.77 bits per heavy atom. The molecule has 1 aromatic carbocycles. The summed E-state index contributed by atoms with van der Waals surface area (Å²) < 4.78 is 0. The molecule has 116 valence electrons. The molecule has 3 rings (SSSR count). The molecule has 1 aliphatic heterocycles. The zero-order valence-electron chi connectivity index (χ0n) is 13.6. The molecule has 1 aromatic heterocycles. The van der Waals surface area contributed by atoms with Crippen molar-refractivity contribution in [1.29, 1.82) is 0 Å². The Balaban J connectivity index is 1.73. The number of rotatable bonds is 2. The van der Waals surface area contributed by atoms with Crippen LogP contribution in [0.3, 0.4) is 0 Å².